The Hall–Kier alpha value is -2.60. The Balaban J connectivity index is 1.85. The largest absolute Gasteiger partial charge is 0.457 e. The maximum Gasteiger partial charge on any atom is 0.338 e. The van der Waals surface area contributed by atoms with Gasteiger partial charge in [0, 0.05) is 13.1 Å². The lowest BCUT2D eigenvalue weighted by molar-refractivity contribution is 0.0461. The summed E-state index contributed by atoms with van der Waals surface area (Å²) in [6.45, 7) is -0.969. The maximum absolute atomic E-state index is 14.2. The van der Waals surface area contributed by atoms with Crippen molar-refractivity contribution in [3.63, 3.8) is 0 Å². The molecule has 0 amide bonds. The summed E-state index contributed by atoms with van der Waals surface area (Å²) in [4.78, 5) is 11.4. The van der Waals surface area contributed by atoms with Gasteiger partial charge in [0.05, 0.1) is 11.1 Å². The van der Waals surface area contributed by atoms with Gasteiger partial charge in [-0.2, -0.15) is 4.31 Å². The summed E-state index contributed by atoms with van der Waals surface area (Å²) >= 11 is 0. The minimum absolute atomic E-state index is 0.177. The molecule has 1 aliphatic rings. The van der Waals surface area contributed by atoms with Crippen LogP contribution in [0.15, 0.2) is 23.1 Å². The molecule has 1 fully saturated rings. The Morgan fingerprint density at radius 1 is 0.871 bits per heavy atom. The first-order chi connectivity index (χ1) is 14.6. The normalized spacial score (nSPS) is 15.2. The summed E-state index contributed by atoms with van der Waals surface area (Å²) in [6.07, 6.45) is 1.99. The summed E-state index contributed by atoms with van der Waals surface area (Å²) in [5, 5.41) is 0. The zero-order valence-corrected chi connectivity index (χ0v) is 16.5. The number of nitrogens with zero attached hydrogens (tertiary/aromatic N) is 1. The number of rotatable bonds is 5. The lowest BCUT2D eigenvalue weighted by atomic mass is 10.1. The van der Waals surface area contributed by atoms with E-state index in [9.17, 15) is 39.6 Å². The van der Waals surface area contributed by atoms with E-state index in [4.69, 9.17) is 0 Å². The number of hydrogen-bond donors (Lipinski definition) is 0. The summed E-state index contributed by atoms with van der Waals surface area (Å²) in [5.41, 5.74) is -1.87. The third-order valence-electron chi connectivity index (χ3n) is 4.75. The van der Waals surface area contributed by atoms with Gasteiger partial charge in [0.1, 0.15) is 17.3 Å². The summed E-state index contributed by atoms with van der Waals surface area (Å²) in [5.74, 6) is -13.6. The first-order valence-electron chi connectivity index (χ1n) is 9.02. The van der Waals surface area contributed by atoms with Gasteiger partial charge in [-0.05, 0) is 31.0 Å². The van der Waals surface area contributed by atoms with E-state index in [1.165, 1.54) is 0 Å². The number of hydrogen-bond acceptors (Lipinski definition) is 4. The quantitative estimate of drug-likeness (QED) is 0.288. The second kappa shape index (κ2) is 8.87. The first kappa shape index (κ1) is 23.1. The molecule has 5 nitrogen and oxygen atoms in total. The molecular weight excluding hydrogens is 452 g/mol. The van der Waals surface area contributed by atoms with E-state index >= 15 is 0 Å². The fourth-order valence-corrected chi connectivity index (χ4v) is 4.68. The fourth-order valence-electron chi connectivity index (χ4n) is 3.07. The molecule has 0 unspecified atom stereocenters. The van der Waals surface area contributed by atoms with E-state index in [1.54, 1.807) is 0 Å². The fraction of sp³-hybridized carbons (Fsp3) is 0.316. The van der Waals surface area contributed by atoms with Crippen LogP contribution in [0.25, 0.3) is 0 Å². The molecule has 2 aromatic rings. The Morgan fingerprint density at radius 2 is 1.42 bits per heavy atom. The molecule has 0 spiro atoms. The van der Waals surface area contributed by atoms with Crippen molar-refractivity contribution in [3.8, 4) is 0 Å². The second-order valence-electron chi connectivity index (χ2n) is 6.73. The molecule has 0 atom stereocenters. The molecule has 0 saturated carbocycles. The molecule has 1 saturated heterocycles. The topological polar surface area (TPSA) is 63.7 Å². The molecule has 0 aliphatic carbocycles. The predicted molar refractivity (Wildman–Crippen MR) is 94.4 cm³/mol. The van der Waals surface area contributed by atoms with Crippen LogP contribution in [0.2, 0.25) is 0 Å². The van der Waals surface area contributed by atoms with Crippen LogP contribution in [0.5, 0.6) is 0 Å². The minimum Gasteiger partial charge on any atom is -0.457 e. The summed E-state index contributed by atoms with van der Waals surface area (Å²) in [7, 11) is -4.26. The molecule has 0 aromatic heterocycles. The van der Waals surface area contributed by atoms with E-state index in [0.717, 1.165) is 16.8 Å². The highest BCUT2D eigenvalue weighted by atomic mass is 32.2. The van der Waals surface area contributed by atoms with E-state index in [0.29, 0.717) is 25.0 Å². The number of esters is 1. The Morgan fingerprint density at radius 3 is 2.00 bits per heavy atom. The first-order valence-corrected chi connectivity index (χ1v) is 10.5. The molecule has 0 bridgehead atoms. The minimum atomic E-state index is -4.26. The molecular formula is C19H15F6NO4S. The number of carbonyl (C=O) groups excluding carboxylic acids is 1. The van der Waals surface area contributed by atoms with Crippen LogP contribution in [0.1, 0.15) is 35.2 Å². The zero-order valence-electron chi connectivity index (χ0n) is 15.7. The average molecular weight is 467 g/mol. The highest BCUT2D eigenvalue weighted by Gasteiger charge is 2.30. The van der Waals surface area contributed by atoms with Crippen LogP contribution in [-0.2, 0) is 21.4 Å². The number of piperidine rings is 1. The monoisotopic (exact) mass is 467 g/mol. The van der Waals surface area contributed by atoms with Crippen molar-refractivity contribution < 1.29 is 44.3 Å². The summed E-state index contributed by atoms with van der Waals surface area (Å²) < 4.78 is 112. The molecule has 2 aromatic carbocycles. The van der Waals surface area contributed by atoms with Crippen LogP contribution in [0.3, 0.4) is 0 Å². The highest BCUT2D eigenvalue weighted by molar-refractivity contribution is 7.89. The van der Waals surface area contributed by atoms with Gasteiger partial charge in [0.15, 0.2) is 23.3 Å². The van der Waals surface area contributed by atoms with Gasteiger partial charge in [0.25, 0.3) is 0 Å². The van der Waals surface area contributed by atoms with E-state index in [1.807, 2.05) is 0 Å². The van der Waals surface area contributed by atoms with Gasteiger partial charge >= 0.3 is 5.97 Å². The second-order valence-corrected chi connectivity index (χ2v) is 8.64. The van der Waals surface area contributed by atoms with Crippen LogP contribution < -0.4 is 0 Å². The molecule has 168 valence electrons. The van der Waals surface area contributed by atoms with Crippen molar-refractivity contribution in [2.24, 2.45) is 0 Å². The van der Waals surface area contributed by atoms with E-state index in [2.05, 4.69) is 4.74 Å². The van der Waals surface area contributed by atoms with E-state index in [-0.39, 0.29) is 13.1 Å². The molecule has 12 heteroatoms. The number of carbonyl (C=O) groups is 1. The van der Waals surface area contributed by atoms with Crippen molar-refractivity contribution in [2.75, 3.05) is 13.1 Å². The lowest BCUT2D eigenvalue weighted by Crippen LogP contribution is -2.36. The van der Waals surface area contributed by atoms with Crippen LogP contribution >= 0.6 is 0 Å². The molecule has 31 heavy (non-hydrogen) atoms. The molecule has 1 heterocycles. The van der Waals surface area contributed by atoms with Gasteiger partial charge in [-0.3, -0.25) is 0 Å². The lowest BCUT2D eigenvalue weighted by Gasteiger charge is -2.26. The smallest absolute Gasteiger partial charge is 0.338 e. The van der Waals surface area contributed by atoms with Crippen molar-refractivity contribution in [1.29, 1.82) is 0 Å². The van der Waals surface area contributed by atoms with Crippen molar-refractivity contribution in [3.05, 3.63) is 64.2 Å². The third-order valence-corrected chi connectivity index (χ3v) is 6.66. The van der Waals surface area contributed by atoms with Crippen LogP contribution in [0, 0.1) is 34.9 Å². The number of benzene rings is 2. The Bertz CT molecular complexity index is 1100. The SMILES string of the molecule is O=C(OCc1c(F)c(F)c(F)c(F)c1F)c1ccc(F)c(S(=O)(=O)N2CCCCC2)c1. The maximum atomic E-state index is 14.2. The van der Waals surface area contributed by atoms with Crippen molar-refractivity contribution in [2.45, 2.75) is 30.8 Å². The van der Waals surface area contributed by atoms with E-state index < -0.39 is 73.5 Å². The molecule has 0 N–H and O–H groups in total. The van der Waals surface area contributed by atoms with Gasteiger partial charge < -0.3 is 4.74 Å². The van der Waals surface area contributed by atoms with Gasteiger partial charge in [-0.25, -0.2) is 39.6 Å². The molecule has 1 aliphatic heterocycles. The van der Waals surface area contributed by atoms with Gasteiger partial charge in [-0.1, -0.05) is 6.42 Å². The standard InChI is InChI=1S/C19H15F6NO4S/c20-12-5-4-10(8-13(12)31(28,29)26-6-2-1-3-7-26)19(27)30-9-11-14(21)16(23)18(25)17(24)15(11)22/h4-5,8H,1-3,6-7,9H2. The van der Waals surface area contributed by atoms with Gasteiger partial charge in [0.2, 0.25) is 15.8 Å². The number of halogens is 6. The highest BCUT2D eigenvalue weighted by Crippen LogP contribution is 2.26. The third kappa shape index (κ3) is 4.40. The Kier molecular flexibility index (Phi) is 6.60. The molecule has 3 rings (SSSR count). The average Bonchev–Trinajstić information content (AvgIpc) is 2.77. The number of sulfonamides is 1. The summed E-state index contributed by atoms with van der Waals surface area (Å²) in [6, 6.07) is 2.26. The molecule has 0 radical (unpaired) electrons. The Labute approximate surface area is 173 Å². The van der Waals surface area contributed by atoms with Gasteiger partial charge in [-0.15, -0.1) is 0 Å². The van der Waals surface area contributed by atoms with Crippen LogP contribution in [-0.4, -0.2) is 31.8 Å². The predicted octanol–water partition coefficient (Wildman–Crippen LogP) is 4.05. The zero-order chi connectivity index (χ0) is 22.9. The van der Waals surface area contributed by atoms with Crippen molar-refractivity contribution >= 4 is 16.0 Å². The number of ether oxygens (including phenoxy) is 1. The van der Waals surface area contributed by atoms with Crippen molar-refractivity contribution in [1.82, 2.24) is 4.31 Å². The van der Waals surface area contributed by atoms with Crippen LogP contribution in [0.4, 0.5) is 26.3 Å².